The van der Waals surface area contributed by atoms with E-state index < -0.39 is 0 Å². The van der Waals surface area contributed by atoms with Gasteiger partial charge in [0.2, 0.25) is 0 Å². The van der Waals surface area contributed by atoms with Gasteiger partial charge in [-0.05, 0) is 18.9 Å². The molecule has 1 rings (SSSR count). The first-order chi connectivity index (χ1) is 7.27. The third kappa shape index (κ3) is 4.00. The van der Waals surface area contributed by atoms with Crippen LogP contribution in [0, 0.1) is 6.92 Å². The summed E-state index contributed by atoms with van der Waals surface area (Å²) in [7, 11) is 0. The summed E-state index contributed by atoms with van der Waals surface area (Å²) in [5, 5.41) is 8.66. The summed E-state index contributed by atoms with van der Waals surface area (Å²) in [6.07, 6.45) is 0.596. The zero-order valence-corrected chi connectivity index (χ0v) is 9.15. The molecule has 3 nitrogen and oxygen atoms in total. The van der Waals surface area contributed by atoms with E-state index in [1.807, 2.05) is 25.1 Å². The fourth-order valence-electron chi connectivity index (χ4n) is 1.46. The summed E-state index contributed by atoms with van der Waals surface area (Å²) in [5.41, 5.74) is 7.96. The number of aryl methyl sites for hydroxylation is 1. The third-order valence-corrected chi connectivity index (χ3v) is 2.25. The lowest BCUT2D eigenvalue weighted by Crippen LogP contribution is -2.16. The first kappa shape index (κ1) is 12.2. The van der Waals surface area contributed by atoms with Crippen molar-refractivity contribution in [3.05, 3.63) is 35.4 Å². The highest BCUT2D eigenvalue weighted by molar-refractivity contribution is 5.24. The van der Waals surface area contributed by atoms with Crippen molar-refractivity contribution >= 4 is 0 Å². The van der Waals surface area contributed by atoms with Crippen LogP contribution in [0.15, 0.2) is 24.3 Å². The molecule has 0 heterocycles. The molecule has 15 heavy (non-hydrogen) atoms. The van der Waals surface area contributed by atoms with E-state index in [0.717, 1.165) is 5.56 Å². The molecule has 0 bridgehead atoms. The summed E-state index contributed by atoms with van der Waals surface area (Å²) in [6, 6.07) is 8.15. The van der Waals surface area contributed by atoms with Gasteiger partial charge in [0, 0.05) is 19.8 Å². The Balaban J connectivity index is 2.57. The molecule has 84 valence electrons. The number of benzene rings is 1. The zero-order chi connectivity index (χ0) is 11.1. The minimum atomic E-state index is -0.0588. The lowest BCUT2D eigenvalue weighted by molar-refractivity contribution is 0.0488. The SMILES string of the molecule is Cc1cccc(C(CN)OCCCO)c1. The monoisotopic (exact) mass is 209 g/mol. The molecule has 1 aromatic carbocycles. The smallest absolute Gasteiger partial charge is 0.0947 e. The fraction of sp³-hybridized carbons (Fsp3) is 0.500. The van der Waals surface area contributed by atoms with Crippen LogP contribution in [0.2, 0.25) is 0 Å². The molecule has 0 aromatic heterocycles. The summed E-state index contributed by atoms with van der Waals surface area (Å²) in [4.78, 5) is 0. The molecule has 1 atom stereocenters. The second-order valence-electron chi connectivity index (χ2n) is 3.59. The van der Waals surface area contributed by atoms with Crippen LogP contribution in [0.1, 0.15) is 23.7 Å². The van der Waals surface area contributed by atoms with E-state index in [0.29, 0.717) is 19.6 Å². The van der Waals surface area contributed by atoms with E-state index in [1.54, 1.807) is 0 Å². The summed E-state index contributed by atoms with van der Waals surface area (Å²) in [5.74, 6) is 0. The van der Waals surface area contributed by atoms with Crippen molar-refractivity contribution in [2.45, 2.75) is 19.4 Å². The minimum Gasteiger partial charge on any atom is -0.396 e. The van der Waals surface area contributed by atoms with Gasteiger partial charge in [-0.2, -0.15) is 0 Å². The van der Waals surface area contributed by atoms with Gasteiger partial charge in [0.1, 0.15) is 0 Å². The number of rotatable bonds is 6. The Morgan fingerprint density at radius 2 is 2.27 bits per heavy atom. The standard InChI is InChI=1S/C12H19NO2/c1-10-4-2-5-11(8-10)12(9-13)15-7-3-6-14/h2,4-5,8,12,14H,3,6-7,9,13H2,1H3. The molecule has 0 radical (unpaired) electrons. The fourth-order valence-corrected chi connectivity index (χ4v) is 1.46. The van der Waals surface area contributed by atoms with E-state index in [1.165, 1.54) is 5.56 Å². The molecular formula is C12H19NO2. The van der Waals surface area contributed by atoms with Crippen LogP contribution in [-0.2, 0) is 4.74 Å². The Morgan fingerprint density at radius 1 is 1.47 bits per heavy atom. The van der Waals surface area contributed by atoms with Crippen LogP contribution in [0.5, 0.6) is 0 Å². The molecule has 1 aromatic rings. The lowest BCUT2D eigenvalue weighted by Gasteiger charge is -2.16. The van der Waals surface area contributed by atoms with Gasteiger partial charge in [-0.3, -0.25) is 0 Å². The van der Waals surface area contributed by atoms with Crippen molar-refractivity contribution in [2.24, 2.45) is 5.73 Å². The van der Waals surface area contributed by atoms with Crippen LogP contribution in [0.3, 0.4) is 0 Å². The molecule has 0 spiro atoms. The molecule has 0 aliphatic carbocycles. The average molecular weight is 209 g/mol. The quantitative estimate of drug-likeness (QED) is 0.696. The second-order valence-corrected chi connectivity index (χ2v) is 3.59. The molecule has 0 saturated carbocycles. The number of hydrogen-bond acceptors (Lipinski definition) is 3. The summed E-state index contributed by atoms with van der Waals surface area (Å²) < 4.78 is 5.59. The molecular weight excluding hydrogens is 190 g/mol. The Labute approximate surface area is 90.9 Å². The maximum atomic E-state index is 8.66. The van der Waals surface area contributed by atoms with Crippen molar-refractivity contribution in [3.8, 4) is 0 Å². The van der Waals surface area contributed by atoms with Crippen LogP contribution in [0.4, 0.5) is 0 Å². The summed E-state index contributed by atoms with van der Waals surface area (Å²) >= 11 is 0. The Kier molecular flexibility index (Phi) is 5.32. The number of ether oxygens (including phenoxy) is 1. The van der Waals surface area contributed by atoms with Gasteiger partial charge in [0.25, 0.3) is 0 Å². The van der Waals surface area contributed by atoms with Crippen molar-refractivity contribution in [1.29, 1.82) is 0 Å². The molecule has 0 amide bonds. The van der Waals surface area contributed by atoms with E-state index in [2.05, 4.69) is 6.07 Å². The predicted molar refractivity (Wildman–Crippen MR) is 60.6 cm³/mol. The normalized spacial score (nSPS) is 12.7. The third-order valence-electron chi connectivity index (χ3n) is 2.25. The van der Waals surface area contributed by atoms with E-state index in [4.69, 9.17) is 15.6 Å². The van der Waals surface area contributed by atoms with Gasteiger partial charge in [-0.15, -0.1) is 0 Å². The van der Waals surface area contributed by atoms with Gasteiger partial charge < -0.3 is 15.6 Å². The molecule has 0 saturated heterocycles. The molecule has 0 aliphatic rings. The van der Waals surface area contributed by atoms with Gasteiger partial charge in [-0.1, -0.05) is 29.8 Å². The maximum absolute atomic E-state index is 8.66. The van der Waals surface area contributed by atoms with Gasteiger partial charge in [0.05, 0.1) is 6.10 Å². The van der Waals surface area contributed by atoms with E-state index >= 15 is 0 Å². The van der Waals surface area contributed by atoms with Crippen LogP contribution < -0.4 is 5.73 Å². The van der Waals surface area contributed by atoms with Crippen molar-refractivity contribution in [3.63, 3.8) is 0 Å². The first-order valence-corrected chi connectivity index (χ1v) is 5.27. The molecule has 3 heteroatoms. The molecule has 0 fully saturated rings. The number of aliphatic hydroxyl groups is 1. The lowest BCUT2D eigenvalue weighted by atomic mass is 10.1. The topological polar surface area (TPSA) is 55.5 Å². The molecule has 0 aliphatic heterocycles. The largest absolute Gasteiger partial charge is 0.396 e. The van der Waals surface area contributed by atoms with Crippen LogP contribution in [-0.4, -0.2) is 24.9 Å². The predicted octanol–water partition coefficient (Wildman–Crippen LogP) is 1.39. The second kappa shape index (κ2) is 6.56. The number of nitrogens with two attached hydrogens (primary N) is 1. The molecule has 1 unspecified atom stereocenters. The minimum absolute atomic E-state index is 0.0588. The molecule has 3 N–H and O–H groups in total. The summed E-state index contributed by atoms with van der Waals surface area (Å²) in [6.45, 7) is 3.22. The van der Waals surface area contributed by atoms with Crippen molar-refractivity contribution in [1.82, 2.24) is 0 Å². The van der Waals surface area contributed by atoms with Crippen LogP contribution >= 0.6 is 0 Å². The Hall–Kier alpha value is -0.900. The highest BCUT2D eigenvalue weighted by Crippen LogP contribution is 2.17. The van der Waals surface area contributed by atoms with Crippen molar-refractivity contribution < 1.29 is 9.84 Å². The van der Waals surface area contributed by atoms with Crippen LogP contribution in [0.25, 0.3) is 0 Å². The Morgan fingerprint density at radius 3 is 2.87 bits per heavy atom. The number of hydrogen-bond donors (Lipinski definition) is 2. The van der Waals surface area contributed by atoms with Gasteiger partial charge in [0.15, 0.2) is 0 Å². The average Bonchev–Trinajstić information content (AvgIpc) is 2.24. The van der Waals surface area contributed by atoms with E-state index in [-0.39, 0.29) is 12.7 Å². The maximum Gasteiger partial charge on any atom is 0.0947 e. The Bertz CT molecular complexity index is 289. The van der Waals surface area contributed by atoms with Gasteiger partial charge in [-0.25, -0.2) is 0 Å². The highest BCUT2D eigenvalue weighted by atomic mass is 16.5. The van der Waals surface area contributed by atoms with Crippen molar-refractivity contribution in [2.75, 3.05) is 19.8 Å². The first-order valence-electron chi connectivity index (χ1n) is 5.27. The number of aliphatic hydroxyl groups excluding tert-OH is 1. The zero-order valence-electron chi connectivity index (χ0n) is 9.15. The highest BCUT2D eigenvalue weighted by Gasteiger charge is 2.09. The van der Waals surface area contributed by atoms with Gasteiger partial charge >= 0.3 is 0 Å². The van der Waals surface area contributed by atoms with E-state index in [9.17, 15) is 0 Å².